The zero-order valence-corrected chi connectivity index (χ0v) is 8.47. The van der Waals surface area contributed by atoms with Crippen LogP contribution in [0.4, 0.5) is 0 Å². The molecule has 3 nitrogen and oxygen atoms in total. The molecule has 3 N–H and O–H groups in total. The molecule has 0 aromatic heterocycles. The topological polar surface area (TPSA) is 60.7 Å². The number of aliphatic hydroxyl groups is 3. The Morgan fingerprint density at radius 1 is 1.14 bits per heavy atom. The molecule has 14 heavy (non-hydrogen) atoms. The van der Waals surface area contributed by atoms with Crippen molar-refractivity contribution in [1.82, 2.24) is 0 Å². The van der Waals surface area contributed by atoms with E-state index in [0.717, 1.165) is 19.3 Å². The van der Waals surface area contributed by atoms with Crippen molar-refractivity contribution in [2.24, 2.45) is 11.8 Å². The van der Waals surface area contributed by atoms with Crippen molar-refractivity contribution in [1.29, 1.82) is 0 Å². The van der Waals surface area contributed by atoms with E-state index in [9.17, 15) is 10.2 Å². The highest BCUT2D eigenvalue weighted by Crippen LogP contribution is 2.36. The summed E-state index contributed by atoms with van der Waals surface area (Å²) in [7, 11) is 0. The lowest BCUT2D eigenvalue weighted by Gasteiger charge is -2.16. The van der Waals surface area contributed by atoms with Crippen molar-refractivity contribution in [3.63, 3.8) is 0 Å². The largest absolute Gasteiger partial charge is 0.396 e. The van der Waals surface area contributed by atoms with Gasteiger partial charge in [-0.1, -0.05) is 6.08 Å². The number of hydrogen-bond donors (Lipinski definition) is 3. The molecule has 0 spiro atoms. The van der Waals surface area contributed by atoms with E-state index >= 15 is 0 Å². The fourth-order valence-corrected chi connectivity index (χ4v) is 2.30. The maximum absolute atomic E-state index is 9.72. The molecule has 1 aliphatic rings. The van der Waals surface area contributed by atoms with Crippen LogP contribution < -0.4 is 0 Å². The number of aliphatic hydroxyl groups excluding tert-OH is 3. The Bertz CT molecular complexity index is 181. The highest BCUT2D eigenvalue weighted by molar-refractivity contribution is 4.91. The minimum Gasteiger partial charge on any atom is -0.396 e. The van der Waals surface area contributed by atoms with Crippen molar-refractivity contribution in [3.05, 3.63) is 12.7 Å². The SMILES string of the molecule is C=CCC[C@H]1C[C@H](CCO)[C@H](O)[C@@H]1O. The van der Waals surface area contributed by atoms with Gasteiger partial charge in [0.2, 0.25) is 0 Å². The predicted octanol–water partition coefficient (Wildman–Crippen LogP) is 0.693. The van der Waals surface area contributed by atoms with Gasteiger partial charge < -0.3 is 15.3 Å². The van der Waals surface area contributed by atoms with E-state index in [4.69, 9.17) is 5.11 Å². The standard InChI is InChI=1S/C11H20O3/c1-2-3-4-8-7-9(5-6-12)11(14)10(8)13/h2,8-14H,1,3-7H2/t8-,9-,10+,11-/m0/s1. The average molecular weight is 200 g/mol. The van der Waals surface area contributed by atoms with Crippen LogP contribution in [0.1, 0.15) is 25.7 Å². The summed E-state index contributed by atoms with van der Waals surface area (Å²) in [5.74, 6) is 0.226. The Labute approximate surface area is 85.1 Å². The smallest absolute Gasteiger partial charge is 0.0830 e. The van der Waals surface area contributed by atoms with E-state index in [1.165, 1.54) is 0 Å². The summed E-state index contributed by atoms with van der Waals surface area (Å²) in [6.45, 7) is 3.72. The molecule has 1 fully saturated rings. The third kappa shape index (κ3) is 2.56. The summed E-state index contributed by atoms with van der Waals surface area (Å²) in [4.78, 5) is 0. The monoisotopic (exact) mass is 200 g/mol. The summed E-state index contributed by atoms with van der Waals surface area (Å²) in [6, 6.07) is 0. The van der Waals surface area contributed by atoms with Gasteiger partial charge in [0.05, 0.1) is 12.2 Å². The number of rotatable bonds is 5. The lowest BCUT2D eigenvalue weighted by Crippen LogP contribution is -2.28. The fraction of sp³-hybridized carbons (Fsp3) is 0.818. The molecule has 0 unspecified atom stereocenters. The Kier molecular flexibility index (Phi) is 4.58. The maximum atomic E-state index is 9.72. The van der Waals surface area contributed by atoms with Crippen LogP contribution in [-0.4, -0.2) is 34.1 Å². The lowest BCUT2D eigenvalue weighted by atomic mass is 9.98. The van der Waals surface area contributed by atoms with Crippen molar-refractivity contribution in [3.8, 4) is 0 Å². The molecule has 0 aliphatic heterocycles. The van der Waals surface area contributed by atoms with Crippen LogP contribution in [0.2, 0.25) is 0 Å². The molecule has 0 heterocycles. The van der Waals surface area contributed by atoms with E-state index in [1.54, 1.807) is 0 Å². The zero-order valence-electron chi connectivity index (χ0n) is 8.47. The Balaban J connectivity index is 2.44. The van der Waals surface area contributed by atoms with Gasteiger partial charge in [-0.05, 0) is 37.5 Å². The minimum atomic E-state index is -0.656. The first-order valence-electron chi connectivity index (χ1n) is 5.28. The average Bonchev–Trinajstić information content (AvgIpc) is 2.44. The van der Waals surface area contributed by atoms with Gasteiger partial charge in [0.15, 0.2) is 0 Å². The van der Waals surface area contributed by atoms with Gasteiger partial charge in [0.25, 0.3) is 0 Å². The van der Waals surface area contributed by atoms with Gasteiger partial charge in [0.1, 0.15) is 0 Å². The molecule has 1 rings (SSSR count). The van der Waals surface area contributed by atoms with Crippen molar-refractivity contribution < 1.29 is 15.3 Å². The van der Waals surface area contributed by atoms with Crippen LogP contribution in [-0.2, 0) is 0 Å². The van der Waals surface area contributed by atoms with Crippen molar-refractivity contribution in [2.75, 3.05) is 6.61 Å². The second-order valence-corrected chi connectivity index (χ2v) is 4.12. The van der Waals surface area contributed by atoms with Crippen LogP contribution >= 0.6 is 0 Å². The Hall–Kier alpha value is -0.380. The first-order valence-corrected chi connectivity index (χ1v) is 5.28. The molecule has 1 aliphatic carbocycles. The quantitative estimate of drug-likeness (QED) is 0.572. The van der Waals surface area contributed by atoms with E-state index in [1.807, 2.05) is 6.08 Å². The molecule has 0 amide bonds. The van der Waals surface area contributed by atoms with Gasteiger partial charge >= 0.3 is 0 Å². The number of hydrogen-bond acceptors (Lipinski definition) is 3. The summed E-state index contributed by atoms with van der Waals surface area (Å²) in [5, 5.41) is 28.2. The molecule has 82 valence electrons. The third-order valence-electron chi connectivity index (χ3n) is 3.16. The first-order chi connectivity index (χ1) is 6.70. The van der Waals surface area contributed by atoms with Crippen LogP contribution in [0.25, 0.3) is 0 Å². The van der Waals surface area contributed by atoms with E-state index in [0.29, 0.717) is 6.42 Å². The van der Waals surface area contributed by atoms with Gasteiger partial charge in [-0.15, -0.1) is 6.58 Å². The second kappa shape index (κ2) is 5.49. The molecule has 3 heteroatoms. The highest BCUT2D eigenvalue weighted by atomic mass is 16.3. The van der Waals surface area contributed by atoms with Crippen LogP contribution in [0.3, 0.4) is 0 Å². The molecule has 4 atom stereocenters. The Morgan fingerprint density at radius 3 is 2.21 bits per heavy atom. The maximum Gasteiger partial charge on any atom is 0.0830 e. The van der Waals surface area contributed by atoms with Crippen LogP contribution in [0, 0.1) is 11.8 Å². The number of allylic oxidation sites excluding steroid dienone is 1. The molecule has 0 aromatic carbocycles. The third-order valence-corrected chi connectivity index (χ3v) is 3.16. The van der Waals surface area contributed by atoms with Crippen LogP contribution in [0.15, 0.2) is 12.7 Å². The van der Waals surface area contributed by atoms with Gasteiger partial charge in [0, 0.05) is 6.61 Å². The molecule has 1 saturated carbocycles. The first kappa shape index (κ1) is 11.7. The Morgan fingerprint density at radius 2 is 1.71 bits per heavy atom. The molecule has 0 radical (unpaired) electrons. The second-order valence-electron chi connectivity index (χ2n) is 4.12. The summed E-state index contributed by atoms with van der Waals surface area (Å²) in [6.07, 6.45) is 3.71. The van der Waals surface area contributed by atoms with Crippen molar-refractivity contribution >= 4 is 0 Å². The van der Waals surface area contributed by atoms with Crippen molar-refractivity contribution in [2.45, 2.75) is 37.9 Å². The summed E-state index contributed by atoms with van der Waals surface area (Å²) >= 11 is 0. The highest BCUT2D eigenvalue weighted by Gasteiger charge is 2.40. The minimum absolute atomic E-state index is 0.0600. The van der Waals surface area contributed by atoms with E-state index < -0.39 is 12.2 Å². The van der Waals surface area contributed by atoms with Crippen LogP contribution in [0.5, 0.6) is 0 Å². The lowest BCUT2D eigenvalue weighted by molar-refractivity contribution is -0.000749. The summed E-state index contributed by atoms with van der Waals surface area (Å²) in [5.41, 5.74) is 0. The van der Waals surface area contributed by atoms with Gasteiger partial charge in [-0.25, -0.2) is 0 Å². The molecule has 0 saturated heterocycles. The molecule has 0 bridgehead atoms. The van der Waals surface area contributed by atoms with E-state index in [-0.39, 0.29) is 18.4 Å². The molecular formula is C11H20O3. The molecular weight excluding hydrogens is 180 g/mol. The summed E-state index contributed by atoms with van der Waals surface area (Å²) < 4.78 is 0. The zero-order chi connectivity index (χ0) is 10.6. The van der Waals surface area contributed by atoms with Gasteiger partial charge in [-0.2, -0.15) is 0 Å². The predicted molar refractivity (Wildman–Crippen MR) is 54.7 cm³/mol. The fourth-order valence-electron chi connectivity index (χ4n) is 2.30. The molecule has 0 aromatic rings. The normalized spacial score (nSPS) is 37.4. The van der Waals surface area contributed by atoms with Gasteiger partial charge in [-0.3, -0.25) is 0 Å². The van der Waals surface area contributed by atoms with E-state index in [2.05, 4.69) is 6.58 Å².